The molecule has 0 radical (unpaired) electrons. The molecule has 4 rings (SSSR count). The van der Waals surface area contributed by atoms with Crippen molar-refractivity contribution in [3.8, 4) is 5.75 Å². The van der Waals surface area contributed by atoms with Crippen molar-refractivity contribution in [1.82, 2.24) is 4.57 Å². The number of ether oxygens (including phenoxy) is 1. The molecule has 0 saturated heterocycles. The van der Waals surface area contributed by atoms with Crippen LogP contribution in [0.2, 0.25) is 5.02 Å². The number of aromatic nitrogens is 1. The normalized spacial score (nSPS) is 11.0. The summed E-state index contributed by atoms with van der Waals surface area (Å²) >= 11 is 9.44. The summed E-state index contributed by atoms with van der Waals surface area (Å²) in [5, 5.41) is 10.6. The third-order valence-corrected chi connectivity index (χ3v) is 5.53. The van der Waals surface area contributed by atoms with E-state index < -0.39 is 5.97 Å². The lowest BCUT2D eigenvalue weighted by Crippen LogP contribution is -2.04. The molecule has 30 heavy (non-hydrogen) atoms. The van der Waals surface area contributed by atoms with Gasteiger partial charge < -0.3 is 14.4 Å². The fourth-order valence-electron chi connectivity index (χ4n) is 3.34. The van der Waals surface area contributed by atoms with Gasteiger partial charge in [0, 0.05) is 37.7 Å². The Bertz CT molecular complexity index is 1250. The zero-order valence-corrected chi connectivity index (χ0v) is 18.0. The molecule has 1 heterocycles. The number of aromatic carboxylic acids is 1. The van der Waals surface area contributed by atoms with Gasteiger partial charge in [-0.1, -0.05) is 39.7 Å². The van der Waals surface area contributed by atoms with Gasteiger partial charge in [-0.3, -0.25) is 0 Å². The average Bonchev–Trinajstić information content (AvgIpc) is 3.11. The van der Waals surface area contributed by atoms with Crippen LogP contribution in [0.4, 0.5) is 4.39 Å². The molecule has 0 aliphatic rings. The standard InChI is InChI=1S/C23H16BrClFNO3/c24-16-5-4-14(20(26)11-16)13-30-22-7-6-17(25)10-15(22)12-27-9-8-18-19(23(28)29)2-1-3-21(18)27/h1-11H,12-13H2,(H,28,29). The summed E-state index contributed by atoms with van der Waals surface area (Å²) < 4.78 is 22.6. The summed E-state index contributed by atoms with van der Waals surface area (Å²) in [4.78, 5) is 11.5. The molecule has 4 aromatic rings. The third-order valence-electron chi connectivity index (χ3n) is 4.81. The molecule has 0 bridgehead atoms. The van der Waals surface area contributed by atoms with Gasteiger partial charge in [-0.05, 0) is 48.5 Å². The number of carboxylic acids is 1. The van der Waals surface area contributed by atoms with Crippen molar-refractivity contribution in [3.05, 3.63) is 98.9 Å². The Morgan fingerprint density at radius 3 is 2.70 bits per heavy atom. The van der Waals surface area contributed by atoms with Crippen molar-refractivity contribution in [2.24, 2.45) is 0 Å². The molecule has 4 nitrogen and oxygen atoms in total. The van der Waals surface area contributed by atoms with Crippen LogP contribution in [0.3, 0.4) is 0 Å². The first-order valence-electron chi connectivity index (χ1n) is 9.08. The Labute approximate surface area is 185 Å². The first-order valence-corrected chi connectivity index (χ1v) is 10.3. The van der Waals surface area contributed by atoms with Crippen LogP contribution in [-0.4, -0.2) is 15.6 Å². The van der Waals surface area contributed by atoms with Crippen molar-refractivity contribution in [3.63, 3.8) is 0 Å². The first-order chi connectivity index (χ1) is 14.4. The maximum atomic E-state index is 14.1. The second-order valence-corrected chi connectivity index (χ2v) is 8.12. The minimum Gasteiger partial charge on any atom is -0.488 e. The van der Waals surface area contributed by atoms with E-state index in [-0.39, 0.29) is 18.0 Å². The number of nitrogens with zero attached hydrogens (tertiary/aromatic N) is 1. The Morgan fingerprint density at radius 2 is 1.93 bits per heavy atom. The molecule has 0 aliphatic carbocycles. The monoisotopic (exact) mass is 487 g/mol. The highest BCUT2D eigenvalue weighted by Crippen LogP contribution is 2.28. The Hall–Kier alpha value is -2.83. The van der Waals surface area contributed by atoms with Gasteiger partial charge in [0.25, 0.3) is 0 Å². The molecule has 0 aliphatic heterocycles. The lowest BCUT2D eigenvalue weighted by atomic mass is 10.1. The van der Waals surface area contributed by atoms with Crippen LogP contribution < -0.4 is 4.74 Å². The highest BCUT2D eigenvalue weighted by Gasteiger charge is 2.13. The van der Waals surface area contributed by atoms with Gasteiger partial charge in [0.1, 0.15) is 18.2 Å². The molecule has 0 saturated carbocycles. The quantitative estimate of drug-likeness (QED) is 0.336. The Kier molecular flexibility index (Phi) is 5.79. The number of carbonyl (C=O) groups is 1. The lowest BCUT2D eigenvalue weighted by molar-refractivity contribution is 0.0699. The van der Waals surface area contributed by atoms with Crippen molar-refractivity contribution in [1.29, 1.82) is 0 Å². The molecule has 0 spiro atoms. The Balaban J connectivity index is 1.64. The second-order valence-electron chi connectivity index (χ2n) is 6.76. The molecule has 0 unspecified atom stereocenters. The van der Waals surface area contributed by atoms with E-state index in [0.717, 1.165) is 11.1 Å². The van der Waals surface area contributed by atoms with Crippen LogP contribution in [0.5, 0.6) is 5.75 Å². The minimum atomic E-state index is -0.971. The summed E-state index contributed by atoms with van der Waals surface area (Å²) in [7, 11) is 0. The van der Waals surface area contributed by atoms with Gasteiger partial charge in [-0.2, -0.15) is 0 Å². The van der Waals surface area contributed by atoms with E-state index in [0.29, 0.717) is 32.7 Å². The van der Waals surface area contributed by atoms with Gasteiger partial charge in [0.2, 0.25) is 0 Å². The van der Waals surface area contributed by atoms with Crippen molar-refractivity contribution >= 4 is 44.4 Å². The number of halogens is 3. The lowest BCUT2D eigenvalue weighted by Gasteiger charge is -2.14. The highest BCUT2D eigenvalue weighted by molar-refractivity contribution is 9.10. The number of carboxylic acid groups (broad SMARTS) is 1. The molecule has 7 heteroatoms. The fraction of sp³-hybridized carbons (Fsp3) is 0.0870. The highest BCUT2D eigenvalue weighted by atomic mass is 79.9. The minimum absolute atomic E-state index is 0.0728. The molecule has 152 valence electrons. The molecule has 0 atom stereocenters. The summed E-state index contributed by atoms with van der Waals surface area (Å²) in [6, 6.07) is 17.0. The Morgan fingerprint density at radius 1 is 1.10 bits per heavy atom. The number of hydrogen-bond donors (Lipinski definition) is 1. The molecule has 1 N–H and O–H groups in total. The van der Waals surface area contributed by atoms with Gasteiger partial charge in [-0.25, -0.2) is 9.18 Å². The zero-order valence-electron chi connectivity index (χ0n) is 15.6. The predicted molar refractivity (Wildman–Crippen MR) is 118 cm³/mol. The van der Waals surface area contributed by atoms with Gasteiger partial charge >= 0.3 is 5.97 Å². The topological polar surface area (TPSA) is 51.5 Å². The predicted octanol–water partition coefficient (Wildman–Crippen LogP) is 6.52. The zero-order chi connectivity index (χ0) is 21.3. The maximum absolute atomic E-state index is 14.1. The van der Waals surface area contributed by atoms with E-state index in [1.54, 1.807) is 48.5 Å². The van der Waals surface area contributed by atoms with Crippen LogP contribution >= 0.6 is 27.5 Å². The van der Waals surface area contributed by atoms with E-state index in [1.807, 2.05) is 16.8 Å². The van der Waals surface area contributed by atoms with Crippen LogP contribution in [0, 0.1) is 5.82 Å². The fourth-order valence-corrected chi connectivity index (χ4v) is 3.87. The van der Waals surface area contributed by atoms with Crippen molar-refractivity contribution < 1.29 is 19.0 Å². The molecule has 0 amide bonds. The summed E-state index contributed by atoms with van der Waals surface area (Å²) in [5.41, 5.74) is 2.29. The largest absolute Gasteiger partial charge is 0.488 e. The number of benzene rings is 3. The third kappa shape index (κ3) is 4.20. The number of rotatable bonds is 6. The summed E-state index contributed by atoms with van der Waals surface area (Å²) in [6.07, 6.45) is 1.83. The SMILES string of the molecule is O=C(O)c1cccc2c1ccn2Cc1cc(Cl)ccc1OCc1ccc(Br)cc1F. The van der Waals surface area contributed by atoms with E-state index in [2.05, 4.69) is 15.9 Å². The van der Waals surface area contributed by atoms with Crippen molar-refractivity contribution in [2.45, 2.75) is 13.2 Å². The van der Waals surface area contributed by atoms with Crippen LogP contribution in [0.15, 0.2) is 71.3 Å². The second kappa shape index (κ2) is 8.50. The average molecular weight is 489 g/mol. The maximum Gasteiger partial charge on any atom is 0.336 e. The first kappa shape index (κ1) is 20.4. The molecule has 1 aromatic heterocycles. The van der Waals surface area contributed by atoms with Gasteiger partial charge in [-0.15, -0.1) is 0 Å². The molecular weight excluding hydrogens is 473 g/mol. The summed E-state index contributed by atoms with van der Waals surface area (Å²) in [6.45, 7) is 0.495. The van der Waals surface area contributed by atoms with E-state index in [9.17, 15) is 14.3 Å². The van der Waals surface area contributed by atoms with E-state index in [4.69, 9.17) is 16.3 Å². The van der Waals surface area contributed by atoms with Crippen LogP contribution in [0.25, 0.3) is 10.9 Å². The number of hydrogen-bond acceptors (Lipinski definition) is 2. The van der Waals surface area contributed by atoms with Crippen molar-refractivity contribution in [2.75, 3.05) is 0 Å². The smallest absolute Gasteiger partial charge is 0.336 e. The molecular formula is C23H16BrClFNO3. The summed E-state index contributed by atoms with van der Waals surface area (Å²) in [5.74, 6) is -0.739. The molecule has 0 fully saturated rings. The van der Waals surface area contributed by atoms with Gasteiger partial charge in [0.05, 0.1) is 12.1 Å². The number of fused-ring (bicyclic) bond motifs is 1. The van der Waals surface area contributed by atoms with E-state index in [1.165, 1.54) is 6.07 Å². The van der Waals surface area contributed by atoms with Crippen LogP contribution in [0.1, 0.15) is 21.5 Å². The van der Waals surface area contributed by atoms with E-state index >= 15 is 0 Å². The van der Waals surface area contributed by atoms with Gasteiger partial charge in [0.15, 0.2) is 0 Å². The van der Waals surface area contributed by atoms with Crippen LogP contribution in [-0.2, 0) is 13.2 Å². The molecule has 3 aromatic carbocycles.